The highest BCUT2D eigenvalue weighted by Gasteiger charge is 2.23. The molecule has 5 heteroatoms. The number of hydrogen-bond donors (Lipinski definition) is 1. The van der Waals surface area contributed by atoms with E-state index >= 15 is 0 Å². The Bertz CT molecular complexity index is 1090. The van der Waals surface area contributed by atoms with Gasteiger partial charge in [-0.3, -0.25) is 4.79 Å². The number of anilines is 1. The van der Waals surface area contributed by atoms with E-state index in [0.29, 0.717) is 23.6 Å². The Morgan fingerprint density at radius 2 is 1.49 bits per heavy atom. The lowest BCUT2D eigenvalue weighted by Crippen LogP contribution is -2.30. The first-order valence-electron chi connectivity index (χ1n) is 12.2. The Morgan fingerprint density at radius 3 is 2.11 bits per heavy atom. The number of carbonyl (C=O) groups is 2. The van der Waals surface area contributed by atoms with Crippen LogP contribution in [0.15, 0.2) is 78.9 Å². The molecule has 1 atom stereocenters. The van der Waals surface area contributed by atoms with E-state index < -0.39 is 6.10 Å². The molecule has 0 bridgehead atoms. The lowest BCUT2D eigenvalue weighted by molar-refractivity contribution is -0.122. The number of nitrogens with one attached hydrogen (secondary N) is 1. The van der Waals surface area contributed by atoms with E-state index in [-0.39, 0.29) is 17.3 Å². The molecule has 5 nitrogen and oxygen atoms in total. The number of carbonyl (C=O) groups excluding carboxylic acids is 2. The zero-order chi connectivity index (χ0) is 25.3. The van der Waals surface area contributed by atoms with Crippen LogP contribution < -0.4 is 10.1 Å². The predicted octanol–water partition coefficient (Wildman–Crippen LogP) is 6.77. The Balaban J connectivity index is 1.53. The maximum absolute atomic E-state index is 12.6. The van der Waals surface area contributed by atoms with Gasteiger partial charge in [0.1, 0.15) is 5.75 Å². The Kier molecular flexibility index (Phi) is 9.07. The number of benzene rings is 3. The first kappa shape index (κ1) is 26.0. The molecule has 0 spiro atoms. The van der Waals surface area contributed by atoms with Crippen molar-refractivity contribution < 1.29 is 19.1 Å². The molecule has 0 saturated carbocycles. The zero-order valence-electron chi connectivity index (χ0n) is 21.0. The van der Waals surface area contributed by atoms with Crippen LogP contribution in [-0.2, 0) is 14.9 Å². The van der Waals surface area contributed by atoms with Gasteiger partial charge >= 0.3 is 5.97 Å². The highest BCUT2D eigenvalue weighted by atomic mass is 16.5. The Labute approximate surface area is 208 Å². The second kappa shape index (κ2) is 12.2. The van der Waals surface area contributed by atoms with E-state index in [1.807, 2.05) is 42.5 Å². The number of esters is 1. The fraction of sp³-hybridized carbons (Fsp3) is 0.333. The van der Waals surface area contributed by atoms with Crippen LogP contribution in [0, 0.1) is 0 Å². The minimum Gasteiger partial charge on any atom is -0.481 e. The van der Waals surface area contributed by atoms with Gasteiger partial charge in [0, 0.05) is 11.1 Å². The monoisotopic (exact) mass is 473 g/mol. The van der Waals surface area contributed by atoms with Crippen LogP contribution >= 0.6 is 0 Å². The van der Waals surface area contributed by atoms with Crippen molar-refractivity contribution in [3.05, 3.63) is 95.6 Å². The fourth-order valence-electron chi connectivity index (χ4n) is 3.76. The van der Waals surface area contributed by atoms with Crippen LogP contribution in [0.3, 0.4) is 0 Å². The fourth-order valence-corrected chi connectivity index (χ4v) is 3.76. The highest BCUT2D eigenvalue weighted by Crippen LogP contribution is 2.32. The van der Waals surface area contributed by atoms with Crippen molar-refractivity contribution in [2.24, 2.45) is 0 Å². The SMILES string of the molecule is CCCCCOC(=O)c1ccc(NC(=O)C(C)Oc2ccc(C(C)(C)c3ccccc3)cc2)cc1. The Hall–Kier alpha value is -3.60. The molecule has 0 aliphatic carbocycles. The molecule has 0 aromatic heterocycles. The third-order valence-electron chi connectivity index (χ3n) is 6.12. The first-order chi connectivity index (χ1) is 16.8. The van der Waals surface area contributed by atoms with Crippen molar-refractivity contribution >= 4 is 17.6 Å². The third kappa shape index (κ3) is 7.19. The summed E-state index contributed by atoms with van der Waals surface area (Å²) in [4.78, 5) is 24.7. The van der Waals surface area contributed by atoms with E-state index in [1.54, 1.807) is 31.2 Å². The van der Waals surface area contributed by atoms with E-state index in [1.165, 1.54) is 5.56 Å². The van der Waals surface area contributed by atoms with Crippen LogP contribution in [0.2, 0.25) is 0 Å². The minimum atomic E-state index is -0.689. The topological polar surface area (TPSA) is 64.6 Å². The summed E-state index contributed by atoms with van der Waals surface area (Å²) in [6.07, 6.45) is 2.29. The van der Waals surface area contributed by atoms with Gasteiger partial charge in [-0.25, -0.2) is 4.79 Å². The molecule has 1 unspecified atom stereocenters. The lowest BCUT2D eigenvalue weighted by Gasteiger charge is -2.26. The van der Waals surface area contributed by atoms with Crippen LogP contribution in [0.25, 0.3) is 0 Å². The van der Waals surface area contributed by atoms with Gasteiger partial charge < -0.3 is 14.8 Å². The number of amides is 1. The largest absolute Gasteiger partial charge is 0.481 e. The molecule has 3 aromatic rings. The molecule has 0 aliphatic heterocycles. The van der Waals surface area contributed by atoms with Gasteiger partial charge in [-0.1, -0.05) is 76.1 Å². The normalized spacial score (nSPS) is 12.0. The average molecular weight is 474 g/mol. The predicted molar refractivity (Wildman–Crippen MR) is 140 cm³/mol. The van der Waals surface area contributed by atoms with Crippen LogP contribution in [-0.4, -0.2) is 24.6 Å². The van der Waals surface area contributed by atoms with Gasteiger partial charge in [0.05, 0.1) is 12.2 Å². The van der Waals surface area contributed by atoms with Crippen molar-refractivity contribution in [1.82, 2.24) is 0 Å². The standard InChI is InChI=1S/C30H35NO4/c1-5-6-10-21-34-29(33)23-13-17-26(18-14-23)31-28(32)22(2)35-27-19-15-25(16-20-27)30(3,4)24-11-8-7-9-12-24/h7-9,11-20,22H,5-6,10,21H2,1-4H3,(H,31,32). The second-order valence-electron chi connectivity index (χ2n) is 9.19. The third-order valence-corrected chi connectivity index (χ3v) is 6.12. The smallest absolute Gasteiger partial charge is 0.338 e. The molecule has 3 rings (SSSR count). The molecule has 1 N–H and O–H groups in total. The summed E-state index contributed by atoms with van der Waals surface area (Å²) in [6.45, 7) is 8.60. The Morgan fingerprint density at radius 1 is 0.857 bits per heavy atom. The molecule has 0 heterocycles. The molecular weight excluding hydrogens is 438 g/mol. The van der Waals surface area contributed by atoms with E-state index in [0.717, 1.165) is 24.8 Å². The molecule has 3 aromatic carbocycles. The lowest BCUT2D eigenvalue weighted by atomic mass is 9.78. The van der Waals surface area contributed by atoms with Gasteiger partial charge in [-0.15, -0.1) is 0 Å². The summed E-state index contributed by atoms with van der Waals surface area (Å²) in [6, 6.07) is 24.9. The summed E-state index contributed by atoms with van der Waals surface area (Å²) in [5.74, 6) is 0.00424. The first-order valence-corrected chi connectivity index (χ1v) is 12.2. The second-order valence-corrected chi connectivity index (χ2v) is 9.19. The molecule has 1 amide bonds. The zero-order valence-corrected chi connectivity index (χ0v) is 21.0. The molecule has 0 saturated heterocycles. The van der Waals surface area contributed by atoms with Crippen LogP contribution in [0.4, 0.5) is 5.69 Å². The molecule has 0 radical (unpaired) electrons. The quantitative estimate of drug-likeness (QED) is 0.247. The van der Waals surface area contributed by atoms with Crippen molar-refractivity contribution in [2.75, 3.05) is 11.9 Å². The van der Waals surface area contributed by atoms with Crippen LogP contribution in [0.1, 0.15) is 68.4 Å². The molecule has 0 aliphatic rings. The summed E-state index contributed by atoms with van der Waals surface area (Å²) in [5, 5.41) is 2.83. The maximum Gasteiger partial charge on any atom is 0.338 e. The maximum atomic E-state index is 12.6. The number of ether oxygens (including phenoxy) is 2. The van der Waals surface area contributed by atoms with E-state index in [4.69, 9.17) is 9.47 Å². The van der Waals surface area contributed by atoms with Gasteiger partial charge in [-0.2, -0.15) is 0 Å². The summed E-state index contributed by atoms with van der Waals surface area (Å²) >= 11 is 0. The molecule has 184 valence electrons. The van der Waals surface area contributed by atoms with Crippen molar-refractivity contribution in [2.45, 2.75) is 58.5 Å². The molecular formula is C30H35NO4. The van der Waals surface area contributed by atoms with Gasteiger partial charge in [0.25, 0.3) is 5.91 Å². The van der Waals surface area contributed by atoms with Gasteiger partial charge in [0.15, 0.2) is 6.10 Å². The van der Waals surface area contributed by atoms with E-state index in [9.17, 15) is 9.59 Å². The number of hydrogen-bond acceptors (Lipinski definition) is 4. The van der Waals surface area contributed by atoms with Crippen molar-refractivity contribution in [1.29, 1.82) is 0 Å². The number of rotatable bonds is 11. The highest BCUT2D eigenvalue weighted by molar-refractivity contribution is 5.95. The summed E-state index contributed by atoms with van der Waals surface area (Å²) in [5.41, 5.74) is 3.31. The summed E-state index contributed by atoms with van der Waals surface area (Å²) < 4.78 is 11.1. The number of unbranched alkanes of at least 4 members (excludes halogenated alkanes) is 2. The summed E-state index contributed by atoms with van der Waals surface area (Å²) in [7, 11) is 0. The minimum absolute atomic E-state index is 0.142. The van der Waals surface area contributed by atoms with Gasteiger partial charge in [-0.05, 0) is 60.9 Å². The average Bonchev–Trinajstić information content (AvgIpc) is 2.87. The van der Waals surface area contributed by atoms with Crippen molar-refractivity contribution in [3.63, 3.8) is 0 Å². The van der Waals surface area contributed by atoms with Gasteiger partial charge in [0.2, 0.25) is 0 Å². The van der Waals surface area contributed by atoms with E-state index in [2.05, 4.69) is 38.2 Å². The van der Waals surface area contributed by atoms with Crippen molar-refractivity contribution in [3.8, 4) is 5.75 Å². The van der Waals surface area contributed by atoms with Crippen LogP contribution in [0.5, 0.6) is 5.75 Å². The molecule has 35 heavy (non-hydrogen) atoms. The molecule has 0 fully saturated rings.